The molecule has 3 nitrogen and oxygen atoms in total. The quantitative estimate of drug-likeness (QED) is 0.722. The van der Waals surface area contributed by atoms with E-state index in [1.165, 1.54) is 10.5 Å². The monoisotopic (exact) mass is 297 g/mol. The first kappa shape index (κ1) is 12.9. The van der Waals surface area contributed by atoms with E-state index in [-0.39, 0.29) is 10.9 Å². The van der Waals surface area contributed by atoms with Crippen molar-refractivity contribution in [1.82, 2.24) is 14.4 Å². The number of benzene rings is 1. The minimum absolute atomic E-state index is 0.114. The van der Waals surface area contributed by atoms with Crippen LogP contribution in [0, 0.1) is 5.82 Å². The van der Waals surface area contributed by atoms with Gasteiger partial charge >= 0.3 is 5.92 Å². The van der Waals surface area contributed by atoms with Crippen molar-refractivity contribution in [1.29, 1.82) is 0 Å². The topological polar surface area (TPSA) is 30.2 Å². The molecular formula is C13H7ClF3N3. The zero-order valence-electron chi connectivity index (χ0n) is 9.89. The molecule has 0 bridgehead atoms. The van der Waals surface area contributed by atoms with Crippen LogP contribution in [-0.2, 0) is 5.92 Å². The summed E-state index contributed by atoms with van der Waals surface area (Å²) >= 11 is 5.84. The van der Waals surface area contributed by atoms with Crippen molar-refractivity contribution in [2.75, 3.05) is 0 Å². The zero-order valence-corrected chi connectivity index (χ0v) is 10.7. The smallest absolute Gasteiger partial charge is 0.276 e. The van der Waals surface area contributed by atoms with Gasteiger partial charge in [-0.05, 0) is 48.0 Å². The first-order valence-electron chi connectivity index (χ1n) is 5.63. The number of rotatable bonds is 2. The summed E-state index contributed by atoms with van der Waals surface area (Å²) in [5, 5.41) is -0.114. The van der Waals surface area contributed by atoms with Gasteiger partial charge in [0.25, 0.3) is 0 Å². The van der Waals surface area contributed by atoms with Crippen LogP contribution in [0.25, 0.3) is 5.65 Å². The fourth-order valence-corrected chi connectivity index (χ4v) is 2.05. The van der Waals surface area contributed by atoms with Gasteiger partial charge in [0.1, 0.15) is 11.5 Å². The zero-order chi connectivity index (χ0) is 14.3. The van der Waals surface area contributed by atoms with Crippen molar-refractivity contribution in [2.45, 2.75) is 5.92 Å². The summed E-state index contributed by atoms with van der Waals surface area (Å²) < 4.78 is 42.8. The second kappa shape index (κ2) is 4.49. The molecule has 0 unspecified atom stereocenters. The maximum Gasteiger partial charge on any atom is 0.331 e. The SMILES string of the molecule is Fc1ccc(C(F)(F)c2nc(Cl)n3cccc3n2)cc1. The molecule has 0 atom stereocenters. The number of fused-ring (bicyclic) bond motifs is 1. The van der Waals surface area contributed by atoms with E-state index in [4.69, 9.17) is 11.6 Å². The van der Waals surface area contributed by atoms with E-state index < -0.39 is 23.1 Å². The van der Waals surface area contributed by atoms with E-state index in [2.05, 4.69) is 9.97 Å². The first-order chi connectivity index (χ1) is 9.48. The number of hydrogen-bond acceptors (Lipinski definition) is 2. The maximum atomic E-state index is 14.3. The Balaban J connectivity index is 2.14. The van der Waals surface area contributed by atoms with E-state index >= 15 is 0 Å². The van der Waals surface area contributed by atoms with E-state index in [0.29, 0.717) is 0 Å². The fourth-order valence-electron chi connectivity index (χ4n) is 1.82. The molecule has 0 saturated heterocycles. The van der Waals surface area contributed by atoms with Crippen LogP contribution in [0.5, 0.6) is 0 Å². The molecule has 3 rings (SSSR count). The van der Waals surface area contributed by atoms with Crippen molar-refractivity contribution in [2.24, 2.45) is 0 Å². The lowest BCUT2D eigenvalue weighted by Crippen LogP contribution is -2.20. The number of hydrogen-bond donors (Lipinski definition) is 0. The summed E-state index contributed by atoms with van der Waals surface area (Å²) in [6.07, 6.45) is 1.57. The third kappa shape index (κ3) is 2.02. The molecule has 7 heteroatoms. The summed E-state index contributed by atoms with van der Waals surface area (Å²) in [5.41, 5.74) is -0.132. The number of halogens is 4. The Bertz CT molecular complexity index is 768. The summed E-state index contributed by atoms with van der Waals surface area (Å²) in [7, 11) is 0. The van der Waals surface area contributed by atoms with Gasteiger partial charge in [0.15, 0.2) is 0 Å². The Morgan fingerprint density at radius 2 is 1.75 bits per heavy atom. The Labute approximate surface area is 116 Å². The van der Waals surface area contributed by atoms with E-state index in [1.807, 2.05) is 0 Å². The van der Waals surface area contributed by atoms with Gasteiger partial charge in [-0.3, -0.25) is 4.40 Å². The molecule has 0 amide bonds. The molecule has 0 aliphatic carbocycles. The lowest BCUT2D eigenvalue weighted by Gasteiger charge is -2.15. The normalized spacial score (nSPS) is 12.0. The highest BCUT2D eigenvalue weighted by Crippen LogP contribution is 2.34. The minimum Gasteiger partial charge on any atom is -0.276 e. The molecule has 0 N–H and O–H groups in total. The maximum absolute atomic E-state index is 14.3. The largest absolute Gasteiger partial charge is 0.331 e. The summed E-state index contributed by atoms with van der Waals surface area (Å²) in [6, 6.07) is 7.07. The molecule has 3 aromatic rings. The molecule has 0 fully saturated rings. The molecule has 0 radical (unpaired) electrons. The first-order valence-corrected chi connectivity index (χ1v) is 6.01. The second-order valence-corrected chi connectivity index (χ2v) is 4.47. The van der Waals surface area contributed by atoms with E-state index in [9.17, 15) is 13.2 Å². The van der Waals surface area contributed by atoms with Gasteiger partial charge in [0, 0.05) is 11.8 Å². The van der Waals surface area contributed by atoms with Crippen molar-refractivity contribution < 1.29 is 13.2 Å². The summed E-state index contributed by atoms with van der Waals surface area (Å²) in [4.78, 5) is 7.41. The molecule has 0 saturated carbocycles. The van der Waals surface area contributed by atoms with Crippen molar-refractivity contribution >= 4 is 17.2 Å². The van der Waals surface area contributed by atoms with Crippen molar-refractivity contribution in [3.05, 3.63) is 65.1 Å². The Morgan fingerprint density at radius 1 is 1.05 bits per heavy atom. The van der Waals surface area contributed by atoms with Gasteiger partial charge < -0.3 is 0 Å². The third-order valence-corrected chi connectivity index (χ3v) is 3.10. The van der Waals surface area contributed by atoms with Gasteiger partial charge in [-0.25, -0.2) is 9.37 Å². The highest BCUT2D eigenvalue weighted by molar-refractivity contribution is 6.28. The molecule has 20 heavy (non-hydrogen) atoms. The van der Waals surface area contributed by atoms with Gasteiger partial charge in [0.2, 0.25) is 11.1 Å². The van der Waals surface area contributed by atoms with Crippen molar-refractivity contribution in [3.8, 4) is 0 Å². The fraction of sp³-hybridized carbons (Fsp3) is 0.0769. The summed E-state index contributed by atoms with van der Waals surface area (Å²) in [5.74, 6) is -4.77. The van der Waals surface area contributed by atoms with Crippen LogP contribution in [0.1, 0.15) is 11.4 Å². The van der Waals surface area contributed by atoms with Crippen LogP contribution < -0.4 is 0 Å². The summed E-state index contributed by atoms with van der Waals surface area (Å²) in [6.45, 7) is 0. The molecule has 0 aliphatic heterocycles. The predicted molar refractivity (Wildman–Crippen MR) is 67.4 cm³/mol. The van der Waals surface area contributed by atoms with E-state index in [0.717, 1.165) is 24.3 Å². The molecule has 1 aromatic carbocycles. The highest BCUT2D eigenvalue weighted by Gasteiger charge is 2.38. The standard InChI is InChI=1S/C13H7ClF3N3/c14-12-19-11(18-10-2-1-7-20(10)12)13(16,17)8-3-5-9(15)6-4-8/h1-7H. The van der Waals surface area contributed by atoms with Gasteiger partial charge in [-0.15, -0.1) is 0 Å². The van der Waals surface area contributed by atoms with Gasteiger partial charge in [-0.1, -0.05) is 0 Å². The predicted octanol–water partition coefficient (Wildman–Crippen LogP) is 3.66. The molecular weight excluding hydrogens is 291 g/mol. The Hall–Kier alpha value is -2.08. The number of aromatic nitrogens is 3. The minimum atomic E-state index is -3.46. The number of alkyl halides is 2. The van der Waals surface area contributed by atoms with Crippen LogP contribution in [-0.4, -0.2) is 14.4 Å². The van der Waals surface area contributed by atoms with E-state index in [1.54, 1.807) is 12.3 Å². The molecule has 0 aliphatic rings. The highest BCUT2D eigenvalue weighted by atomic mass is 35.5. The molecule has 0 spiro atoms. The van der Waals surface area contributed by atoms with Crippen LogP contribution in [0.2, 0.25) is 5.28 Å². The van der Waals surface area contributed by atoms with Crippen molar-refractivity contribution in [3.63, 3.8) is 0 Å². The van der Waals surface area contributed by atoms with Gasteiger partial charge in [0.05, 0.1) is 0 Å². The Kier molecular flexibility index (Phi) is 2.90. The molecule has 102 valence electrons. The van der Waals surface area contributed by atoms with Crippen LogP contribution in [0.3, 0.4) is 0 Å². The molecule has 2 heterocycles. The average Bonchev–Trinajstić information content (AvgIpc) is 2.88. The third-order valence-electron chi connectivity index (χ3n) is 2.83. The molecule has 2 aromatic heterocycles. The van der Waals surface area contributed by atoms with Gasteiger partial charge in [-0.2, -0.15) is 13.8 Å². The average molecular weight is 298 g/mol. The number of nitrogens with zero attached hydrogens (tertiary/aromatic N) is 3. The lowest BCUT2D eigenvalue weighted by atomic mass is 10.1. The van der Waals surface area contributed by atoms with Crippen LogP contribution >= 0.6 is 11.6 Å². The van der Waals surface area contributed by atoms with Crippen LogP contribution in [0.4, 0.5) is 13.2 Å². The Morgan fingerprint density at radius 3 is 2.45 bits per heavy atom. The van der Waals surface area contributed by atoms with Crippen LogP contribution in [0.15, 0.2) is 42.6 Å². The second-order valence-electron chi connectivity index (χ2n) is 4.13. The lowest BCUT2D eigenvalue weighted by molar-refractivity contribution is 0.0328.